The number of anilines is 1. The summed E-state index contributed by atoms with van der Waals surface area (Å²) in [6.45, 7) is 0. The smallest absolute Gasteiger partial charge is 0.131 e. The fourth-order valence-electron chi connectivity index (χ4n) is 2.54. The summed E-state index contributed by atoms with van der Waals surface area (Å²) in [5.74, 6) is 0. The molecule has 0 spiro atoms. The summed E-state index contributed by atoms with van der Waals surface area (Å²) in [5.41, 5.74) is 2.48. The quantitative estimate of drug-likeness (QED) is 0.425. The van der Waals surface area contributed by atoms with E-state index >= 15 is 0 Å². The summed E-state index contributed by atoms with van der Waals surface area (Å²) in [6, 6.07) is 20.4. The minimum Gasteiger partial charge on any atom is -0.378 e. The second-order valence-electron chi connectivity index (χ2n) is 6.41. The maximum atomic E-state index is 8.84. The van der Waals surface area contributed by atoms with Gasteiger partial charge in [0.2, 0.25) is 0 Å². The van der Waals surface area contributed by atoms with E-state index in [4.69, 9.17) is 10.5 Å². The van der Waals surface area contributed by atoms with Crippen LogP contribution in [0.5, 0.6) is 0 Å². The van der Waals surface area contributed by atoms with Gasteiger partial charge >= 0.3 is 0 Å². The number of hydrogen-bond donors (Lipinski definition) is 0. The van der Waals surface area contributed by atoms with Crippen LogP contribution in [0.2, 0.25) is 0 Å². The molecule has 0 amide bonds. The van der Waals surface area contributed by atoms with E-state index in [1.54, 1.807) is 28.7 Å². The number of allylic oxidation sites excluding steroid dienone is 1. The van der Waals surface area contributed by atoms with Crippen LogP contribution < -0.4 is 4.90 Å². The molecule has 0 fully saturated rings. The molecular formula is C24H19N3S2. The van der Waals surface area contributed by atoms with E-state index in [0.29, 0.717) is 0 Å². The van der Waals surface area contributed by atoms with Gasteiger partial charge in [0.1, 0.15) is 17.7 Å². The van der Waals surface area contributed by atoms with Crippen molar-refractivity contribution >= 4 is 58.7 Å². The fraction of sp³-hybridized carbons (Fsp3) is 0.0833. The predicted molar refractivity (Wildman–Crippen MR) is 126 cm³/mol. The Bertz CT molecular complexity index is 1130. The Morgan fingerprint density at radius 2 is 1.21 bits per heavy atom. The Hall–Kier alpha value is -3.38. The van der Waals surface area contributed by atoms with Gasteiger partial charge in [0.05, 0.1) is 0 Å². The Kier molecular flexibility index (Phi) is 6.81. The van der Waals surface area contributed by atoms with Crippen molar-refractivity contribution in [3.05, 3.63) is 79.2 Å². The molecule has 0 bridgehead atoms. The van der Waals surface area contributed by atoms with Crippen molar-refractivity contribution in [1.82, 2.24) is 0 Å². The second-order valence-corrected chi connectivity index (χ2v) is 8.71. The van der Waals surface area contributed by atoms with Gasteiger partial charge in [0.15, 0.2) is 0 Å². The van der Waals surface area contributed by atoms with Crippen molar-refractivity contribution in [1.29, 1.82) is 10.5 Å². The number of nitrogens with zero attached hydrogens (tertiary/aromatic N) is 3. The monoisotopic (exact) mass is 413 g/mol. The summed E-state index contributed by atoms with van der Waals surface area (Å²) >= 11 is 3.28. The van der Waals surface area contributed by atoms with Gasteiger partial charge in [-0.05, 0) is 66.3 Å². The molecule has 29 heavy (non-hydrogen) atoms. The predicted octanol–water partition coefficient (Wildman–Crippen LogP) is 6.65. The third kappa shape index (κ3) is 5.80. The average Bonchev–Trinajstić information content (AvgIpc) is 3.38. The number of thiophene rings is 2. The molecule has 0 atom stereocenters. The minimum absolute atomic E-state index is 0.119. The van der Waals surface area contributed by atoms with Crippen LogP contribution in [0.25, 0.3) is 30.4 Å². The van der Waals surface area contributed by atoms with Crippen LogP contribution in [-0.4, -0.2) is 14.1 Å². The summed E-state index contributed by atoms with van der Waals surface area (Å²) in [5, 5.41) is 17.7. The highest BCUT2D eigenvalue weighted by Gasteiger charge is 1.99. The molecule has 0 aliphatic heterocycles. The molecule has 0 aliphatic rings. The lowest BCUT2D eigenvalue weighted by Crippen LogP contribution is -2.07. The molecule has 5 heteroatoms. The van der Waals surface area contributed by atoms with Crippen LogP contribution in [0.1, 0.15) is 25.1 Å². The van der Waals surface area contributed by atoms with Crippen LogP contribution in [0.3, 0.4) is 0 Å². The molecule has 0 N–H and O–H groups in total. The zero-order valence-corrected chi connectivity index (χ0v) is 17.8. The van der Waals surface area contributed by atoms with Crippen molar-refractivity contribution in [3.8, 4) is 12.1 Å². The Morgan fingerprint density at radius 3 is 1.72 bits per heavy atom. The highest BCUT2D eigenvalue weighted by Crippen LogP contribution is 2.25. The Labute approximate surface area is 179 Å². The molecule has 2 heterocycles. The lowest BCUT2D eigenvalue weighted by molar-refractivity contribution is 1.13. The second kappa shape index (κ2) is 9.71. The molecule has 0 saturated heterocycles. The Morgan fingerprint density at radius 1 is 0.724 bits per heavy atom. The molecule has 3 rings (SSSR count). The van der Waals surface area contributed by atoms with Gasteiger partial charge in [-0.1, -0.05) is 18.2 Å². The van der Waals surface area contributed by atoms with E-state index in [1.165, 1.54) is 21.0 Å². The summed E-state index contributed by atoms with van der Waals surface area (Å²) < 4.78 is 0. The standard InChI is InChI=1S/C24H19N3S2/c1-27(2)20-6-3-18(4-7-20)5-8-21-9-10-22(28-21)11-12-23-13-14-24(29-23)15-19(16-25)17-26/h3-15H,1-2H3/b8-5+,12-11+. The van der Waals surface area contributed by atoms with E-state index < -0.39 is 0 Å². The van der Waals surface area contributed by atoms with Crippen molar-refractivity contribution in [3.63, 3.8) is 0 Å². The number of benzene rings is 1. The molecule has 3 aromatic rings. The first kappa shape index (κ1) is 20.4. The van der Waals surface area contributed by atoms with Gasteiger partial charge in [-0.15, -0.1) is 22.7 Å². The van der Waals surface area contributed by atoms with Gasteiger partial charge in [0, 0.05) is 39.3 Å². The van der Waals surface area contributed by atoms with E-state index in [9.17, 15) is 0 Å². The average molecular weight is 414 g/mol. The molecule has 142 valence electrons. The summed E-state index contributed by atoms with van der Waals surface area (Å²) in [6.07, 6.45) is 10.0. The topological polar surface area (TPSA) is 50.8 Å². The van der Waals surface area contributed by atoms with Gasteiger partial charge < -0.3 is 4.90 Å². The maximum Gasteiger partial charge on any atom is 0.131 e. The van der Waals surface area contributed by atoms with Crippen LogP contribution in [0.4, 0.5) is 5.69 Å². The molecular weight excluding hydrogens is 394 g/mol. The third-order valence-corrected chi connectivity index (χ3v) is 6.10. The van der Waals surface area contributed by atoms with Gasteiger partial charge in [-0.3, -0.25) is 0 Å². The van der Waals surface area contributed by atoms with Gasteiger partial charge in [-0.25, -0.2) is 0 Å². The SMILES string of the molecule is CN(C)c1ccc(/C=C/c2ccc(/C=C/c3ccc(C=C(C#N)C#N)s3)s2)cc1. The minimum atomic E-state index is 0.119. The normalized spacial score (nSPS) is 10.8. The number of hydrogen-bond acceptors (Lipinski definition) is 5. The first-order valence-corrected chi connectivity index (χ1v) is 10.6. The molecule has 3 nitrogen and oxygen atoms in total. The molecule has 1 aromatic carbocycles. The highest BCUT2D eigenvalue weighted by atomic mass is 32.1. The lowest BCUT2D eigenvalue weighted by atomic mass is 10.2. The molecule has 0 unspecified atom stereocenters. The Balaban J connectivity index is 1.64. The van der Waals surface area contributed by atoms with Gasteiger partial charge in [0.25, 0.3) is 0 Å². The van der Waals surface area contributed by atoms with Crippen molar-refractivity contribution in [2.45, 2.75) is 0 Å². The van der Waals surface area contributed by atoms with Crippen molar-refractivity contribution < 1.29 is 0 Å². The largest absolute Gasteiger partial charge is 0.378 e. The van der Waals surface area contributed by atoms with Crippen LogP contribution >= 0.6 is 22.7 Å². The zero-order valence-electron chi connectivity index (χ0n) is 16.2. The van der Waals surface area contributed by atoms with E-state index in [-0.39, 0.29) is 5.57 Å². The fourth-order valence-corrected chi connectivity index (χ4v) is 4.21. The first-order chi connectivity index (χ1) is 14.1. The lowest BCUT2D eigenvalue weighted by Gasteiger charge is -2.11. The molecule has 0 radical (unpaired) electrons. The van der Waals surface area contributed by atoms with E-state index in [1.807, 2.05) is 38.4 Å². The molecule has 0 saturated carbocycles. The van der Waals surface area contributed by atoms with Crippen molar-refractivity contribution in [2.75, 3.05) is 19.0 Å². The number of nitriles is 2. The van der Waals surface area contributed by atoms with Gasteiger partial charge in [-0.2, -0.15) is 10.5 Å². The zero-order chi connectivity index (χ0) is 20.6. The summed E-state index contributed by atoms with van der Waals surface area (Å²) in [4.78, 5) is 6.44. The van der Waals surface area contributed by atoms with E-state index in [0.717, 1.165) is 9.75 Å². The maximum absolute atomic E-state index is 8.84. The molecule has 0 aliphatic carbocycles. The van der Waals surface area contributed by atoms with Crippen LogP contribution in [0, 0.1) is 22.7 Å². The van der Waals surface area contributed by atoms with Crippen LogP contribution in [-0.2, 0) is 0 Å². The van der Waals surface area contributed by atoms with Crippen LogP contribution in [0.15, 0.2) is 54.1 Å². The first-order valence-electron chi connectivity index (χ1n) is 8.92. The highest BCUT2D eigenvalue weighted by molar-refractivity contribution is 7.14. The third-order valence-electron chi connectivity index (χ3n) is 4.08. The van der Waals surface area contributed by atoms with Crippen molar-refractivity contribution in [2.24, 2.45) is 0 Å². The number of rotatable bonds is 6. The summed E-state index contributed by atoms with van der Waals surface area (Å²) in [7, 11) is 4.07. The molecule has 2 aromatic heterocycles. The van der Waals surface area contributed by atoms with E-state index in [2.05, 4.69) is 65.6 Å².